The third-order valence-electron chi connectivity index (χ3n) is 3.47. The molecule has 21 heavy (non-hydrogen) atoms. The lowest BCUT2D eigenvalue weighted by Crippen LogP contribution is -2.31. The molecule has 1 rings (SSSR count). The van der Waals surface area contributed by atoms with Crippen LogP contribution >= 0.6 is 0 Å². The minimum Gasteiger partial charge on any atom is -0.481 e. The van der Waals surface area contributed by atoms with Crippen LogP contribution in [0.3, 0.4) is 0 Å². The number of anilines is 1. The number of benzene rings is 1. The number of rotatable bonds is 8. The van der Waals surface area contributed by atoms with Gasteiger partial charge in [0, 0.05) is 12.1 Å². The summed E-state index contributed by atoms with van der Waals surface area (Å²) in [6, 6.07) is 5.83. The molecule has 2 N–H and O–H groups in total. The van der Waals surface area contributed by atoms with Crippen molar-refractivity contribution < 1.29 is 14.7 Å². The van der Waals surface area contributed by atoms with Gasteiger partial charge in [0.25, 0.3) is 0 Å². The first kappa shape index (κ1) is 17.2. The molecule has 5 heteroatoms. The van der Waals surface area contributed by atoms with Crippen molar-refractivity contribution in [1.29, 1.82) is 0 Å². The Morgan fingerprint density at radius 2 is 1.95 bits per heavy atom. The molecule has 0 aliphatic rings. The van der Waals surface area contributed by atoms with Gasteiger partial charge in [-0.2, -0.15) is 0 Å². The second-order valence-electron chi connectivity index (χ2n) is 5.38. The van der Waals surface area contributed by atoms with Crippen LogP contribution in [0.4, 0.5) is 5.69 Å². The van der Waals surface area contributed by atoms with Crippen LogP contribution in [-0.4, -0.2) is 42.0 Å². The smallest absolute Gasteiger partial charge is 0.303 e. The summed E-state index contributed by atoms with van der Waals surface area (Å²) < 4.78 is 0. The zero-order chi connectivity index (χ0) is 15.8. The summed E-state index contributed by atoms with van der Waals surface area (Å²) in [4.78, 5) is 24.3. The second-order valence-corrected chi connectivity index (χ2v) is 5.38. The van der Waals surface area contributed by atoms with Crippen LogP contribution in [0.1, 0.15) is 30.4 Å². The van der Waals surface area contributed by atoms with Gasteiger partial charge in [-0.3, -0.25) is 14.5 Å². The Morgan fingerprint density at radius 1 is 1.24 bits per heavy atom. The molecule has 0 aliphatic heterocycles. The summed E-state index contributed by atoms with van der Waals surface area (Å²) in [7, 11) is 1.86. The van der Waals surface area contributed by atoms with Gasteiger partial charge in [-0.1, -0.05) is 12.1 Å². The van der Waals surface area contributed by atoms with E-state index in [-0.39, 0.29) is 12.3 Å². The highest BCUT2D eigenvalue weighted by atomic mass is 16.4. The van der Waals surface area contributed by atoms with Gasteiger partial charge in [0.2, 0.25) is 5.91 Å². The fraction of sp³-hybridized carbons (Fsp3) is 0.500. The molecule has 5 nitrogen and oxygen atoms in total. The highest BCUT2D eigenvalue weighted by molar-refractivity contribution is 5.93. The number of carboxylic acids is 1. The summed E-state index contributed by atoms with van der Waals surface area (Å²) >= 11 is 0. The molecule has 0 heterocycles. The molecule has 0 unspecified atom stereocenters. The number of carbonyl (C=O) groups is 2. The van der Waals surface area contributed by atoms with Crippen LogP contribution in [-0.2, 0) is 9.59 Å². The fourth-order valence-electron chi connectivity index (χ4n) is 2.06. The summed E-state index contributed by atoms with van der Waals surface area (Å²) in [5.41, 5.74) is 3.07. The van der Waals surface area contributed by atoms with Gasteiger partial charge in [-0.05, 0) is 57.5 Å². The van der Waals surface area contributed by atoms with E-state index in [4.69, 9.17) is 5.11 Å². The average molecular weight is 292 g/mol. The average Bonchev–Trinajstić information content (AvgIpc) is 2.40. The number of nitrogens with one attached hydrogen (secondary N) is 1. The van der Waals surface area contributed by atoms with E-state index in [9.17, 15) is 9.59 Å². The number of likely N-dealkylation sites (N-methyl/N-ethyl adjacent to an activating group) is 1. The number of carbonyl (C=O) groups excluding carboxylic acids is 1. The molecule has 1 aromatic rings. The first-order valence-corrected chi connectivity index (χ1v) is 7.16. The van der Waals surface area contributed by atoms with Gasteiger partial charge >= 0.3 is 5.97 Å². The molecule has 1 aromatic carbocycles. The van der Waals surface area contributed by atoms with Gasteiger partial charge in [0.05, 0.1) is 6.54 Å². The third kappa shape index (κ3) is 6.40. The van der Waals surface area contributed by atoms with Crippen molar-refractivity contribution in [3.05, 3.63) is 29.3 Å². The molecule has 0 radical (unpaired) electrons. The SMILES string of the molecule is Cc1cccc(NC(=O)CN(C)CCCCC(=O)O)c1C. The van der Waals surface area contributed by atoms with E-state index in [0.29, 0.717) is 19.5 Å². The van der Waals surface area contributed by atoms with Gasteiger partial charge in [-0.15, -0.1) is 0 Å². The number of unbranched alkanes of at least 4 members (excludes halogenated alkanes) is 1. The number of hydrogen-bond acceptors (Lipinski definition) is 3. The number of hydrogen-bond donors (Lipinski definition) is 2. The predicted octanol–water partition coefficient (Wildman–Crippen LogP) is 2.43. The Labute approximate surface area is 126 Å². The summed E-state index contributed by atoms with van der Waals surface area (Å²) in [5, 5.41) is 11.5. The number of aryl methyl sites for hydroxylation is 1. The van der Waals surface area contributed by atoms with E-state index in [2.05, 4.69) is 5.32 Å². The predicted molar refractivity (Wildman–Crippen MR) is 83.5 cm³/mol. The van der Waals surface area contributed by atoms with Gasteiger partial charge in [-0.25, -0.2) is 0 Å². The lowest BCUT2D eigenvalue weighted by molar-refractivity contribution is -0.137. The summed E-state index contributed by atoms with van der Waals surface area (Å²) in [6.45, 7) is 5.02. The molecule has 0 saturated carbocycles. The van der Waals surface area contributed by atoms with E-state index in [0.717, 1.165) is 23.2 Å². The maximum absolute atomic E-state index is 12.0. The lowest BCUT2D eigenvalue weighted by Gasteiger charge is -2.17. The quantitative estimate of drug-likeness (QED) is 0.722. The molecule has 116 valence electrons. The van der Waals surface area contributed by atoms with Crippen LogP contribution in [0, 0.1) is 13.8 Å². The monoisotopic (exact) mass is 292 g/mol. The van der Waals surface area contributed by atoms with Crippen molar-refractivity contribution in [3.63, 3.8) is 0 Å². The van der Waals surface area contributed by atoms with Crippen molar-refractivity contribution in [2.45, 2.75) is 33.1 Å². The molecule has 0 fully saturated rings. The van der Waals surface area contributed by atoms with Crippen molar-refractivity contribution in [2.75, 3.05) is 25.5 Å². The molecule has 0 saturated heterocycles. The van der Waals surface area contributed by atoms with Gasteiger partial charge in [0.1, 0.15) is 0 Å². The zero-order valence-electron chi connectivity index (χ0n) is 13.0. The fourth-order valence-corrected chi connectivity index (χ4v) is 2.06. The molecular formula is C16H24N2O3. The van der Waals surface area contributed by atoms with E-state index >= 15 is 0 Å². The minimum absolute atomic E-state index is 0.0514. The Bertz CT molecular complexity index is 500. The van der Waals surface area contributed by atoms with Gasteiger partial charge < -0.3 is 10.4 Å². The van der Waals surface area contributed by atoms with Crippen molar-refractivity contribution in [2.24, 2.45) is 0 Å². The molecule has 0 atom stereocenters. The Balaban J connectivity index is 2.36. The van der Waals surface area contributed by atoms with Crippen molar-refractivity contribution in [1.82, 2.24) is 4.90 Å². The Morgan fingerprint density at radius 3 is 2.62 bits per heavy atom. The summed E-state index contributed by atoms with van der Waals surface area (Å²) in [5.74, 6) is -0.824. The highest BCUT2D eigenvalue weighted by Gasteiger charge is 2.09. The minimum atomic E-state index is -0.773. The van der Waals surface area contributed by atoms with Crippen LogP contribution in [0.2, 0.25) is 0 Å². The maximum atomic E-state index is 12.0. The van der Waals surface area contributed by atoms with E-state index in [1.54, 1.807) is 0 Å². The Kier molecular flexibility index (Phi) is 6.88. The van der Waals surface area contributed by atoms with Gasteiger partial charge in [0.15, 0.2) is 0 Å². The zero-order valence-corrected chi connectivity index (χ0v) is 13.0. The third-order valence-corrected chi connectivity index (χ3v) is 3.47. The van der Waals surface area contributed by atoms with Crippen molar-refractivity contribution >= 4 is 17.6 Å². The lowest BCUT2D eigenvalue weighted by atomic mass is 10.1. The number of aliphatic carboxylic acids is 1. The van der Waals surface area contributed by atoms with E-state index in [1.807, 2.05) is 44.0 Å². The standard InChI is InChI=1S/C16H24N2O3/c1-12-7-6-8-14(13(12)2)17-15(19)11-18(3)10-5-4-9-16(20)21/h6-8H,4-5,9-11H2,1-3H3,(H,17,19)(H,20,21). The molecule has 0 aromatic heterocycles. The topological polar surface area (TPSA) is 69.6 Å². The van der Waals surface area contributed by atoms with Crippen molar-refractivity contribution in [3.8, 4) is 0 Å². The van der Waals surface area contributed by atoms with E-state index in [1.165, 1.54) is 0 Å². The normalized spacial score (nSPS) is 10.7. The van der Waals surface area contributed by atoms with Crippen LogP contribution in [0.25, 0.3) is 0 Å². The molecule has 0 aliphatic carbocycles. The van der Waals surface area contributed by atoms with Crippen LogP contribution in [0.15, 0.2) is 18.2 Å². The largest absolute Gasteiger partial charge is 0.481 e. The first-order valence-electron chi connectivity index (χ1n) is 7.16. The number of nitrogens with zero attached hydrogens (tertiary/aromatic N) is 1. The maximum Gasteiger partial charge on any atom is 0.303 e. The number of amides is 1. The van der Waals surface area contributed by atoms with E-state index < -0.39 is 5.97 Å². The molecule has 1 amide bonds. The Hall–Kier alpha value is -1.88. The molecular weight excluding hydrogens is 268 g/mol. The second kappa shape index (κ2) is 8.42. The highest BCUT2D eigenvalue weighted by Crippen LogP contribution is 2.17. The number of carboxylic acid groups (broad SMARTS) is 1. The van der Waals surface area contributed by atoms with Crippen LogP contribution in [0.5, 0.6) is 0 Å². The molecule has 0 bridgehead atoms. The van der Waals surface area contributed by atoms with Crippen LogP contribution < -0.4 is 5.32 Å². The summed E-state index contributed by atoms with van der Waals surface area (Å²) in [6.07, 6.45) is 1.60. The molecule has 0 spiro atoms. The first-order chi connectivity index (χ1) is 9.90.